The Bertz CT molecular complexity index is 794. The summed E-state index contributed by atoms with van der Waals surface area (Å²) in [6, 6.07) is 12.3. The number of aryl methyl sites for hydroxylation is 1. The highest BCUT2D eigenvalue weighted by Crippen LogP contribution is 2.22. The molecule has 0 radical (unpaired) electrons. The normalized spacial score (nSPS) is 16.6. The summed E-state index contributed by atoms with van der Waals surface area (Å²) in [7, 11) is 0. The Labute approximate surface area is 145 Å². The van der Waals surface area contributed by atoms with Gasteiger partial charge in [-0.15, -0.1) is 0 Å². The number of benzene rings is 2. The number of carbonyl (C=O) groups excluding carboxylic acids is 2. The molecule has 1 fully saturated rings. The highest BCUT2D eigenvalue weighted by atomic mass is 19.1. The van der Waals surface area contributed by atoms with Gasteiger partial charge in [0.25, 0.3) is 0 Å². The largest absolute Gasteiger partial charge is 0.324 e. The van der Waals surface area contributed by atoms with Crippen LogP contribution in [0.15, 0.2) is 48.5 Å². The van der Waals surface area contributed by atoms with Crippen molar-refractivity contribution in [2.24, 2.45) is 0 Å². The number of likely N-dealkylation sites (tertiary alicyclic amines) is 1. The quantitative estimate of drug-likeness (QED) is 0.893. The maximum atomic E-state index is 13.3. The maximum absolute atomic E-state index is 13.3. The molecule has 6 heteroatoms. The molecule has 1 aliphatic rings. The Kier molecular flexibility index (Phi) is 4.97. The third kappa shape index (κ3) is 3.96. The van der Waals surface area contributed by atoms with Gasteiger partial charge in [0.15, 0.2) is 0 Å². The smallest absolute Gasteiger partial charge is 0.322 e. The van der Waals surface area contributed by atoms with Crippen molar-refractivity contribution in [2.45, 2.75) is 25.8 Å². The molecule has 25 heavy (non-hydrogen) atoms. The summed E-state index contributed by atoms with van der Waals surface area (Å²) >= 11 is 0. The highest BCUT2D eigenvalue weighted by Gasteiger charge is 2.34. The van der Waals surface area contributed by atoms with E-state index < -0.39 is 17.9 Å². The van der Waals surface area contributed by atoms with Crippen molar-refractivity contribution in [1.82, 2.24) is 4.90 Å². The minimum atomic E-state index is -0.534. The van der Waals surface area contributed by atoms with E-state index in [0.717, 1.165) is 17.7 Å². The number of amides is 3. The number of halogens is 1. The molecule has 1 aliphatic heterocycles. The molecular weight excluding hydrogens is 321 g/mol. The first-order chi connectivity index (χ1) is 12.0. The van der Waals surface area contributed by atoms with Crippen LogP contribution < -0.4 is 10.6 Å². The Hall–Kier alpha value is -2.89. The summed E-state index contributed by atoms with van der Waals surface area (Å²) < 4.78 is 13.3. The molecule has 1 heterocycles. The third-order valence-electron chi connectivity index (χ3n) is 4.30. The van der Waals surface area contributed by atoms with Crippen LogP contribution in [0.4, 0.5) is 20.6 Å². The average molecular weight is 341 g/mol. The van der Waals surface area contributed by atoms with Crippen molar-refractivity contribution in [3.63, 3.8) is 0 Å². The van der Waals surface area contributed by atoms with E-state index in [2.05, 4.69) is 10.6 Å². The molecular formula is C19H20FN3O2. The van der Waals surface area contributed by atoms with E-state index in [4.69, 9.17) is 0 Å². The lowest BCUT2D eigenvalue weighted by Gasteiger charge is -2.24. The van der Waals surface area contributed by atoms with Gasteiger partial charge in [0.1, 0.15) is 11.9 Å². The van der Waals surface area contributed by atoms with Crippen LogP contribution in [0.2, 0.25) is 0 Å². The second-order valence-corrected chi connectivity index (χ2v) is 6.10. The van der Waals surface area contributed by atoms with Gasteiger partial charge in [0.2, 0.25) is 5.91 Å². The Morgan fingerprint density at radius 1 is 1.12 bits per heavy atom. The van der Waals surface area contributed by atoms with Crippen LogP contribution in [-0.2, 0) is 4.79 Å². The zero-order valence-corrected chi connectivity index (χ0v) is 14.0. The Morgan fingerprint density at radius 2 is 1.92 bits per heavy atom. The first-order valence-corrected chi connectivity index (χ1v) is 8.24. The first-order valence-electron chi connectivity index (χ1n) is 8.24. The molecule has 0 bridgehead atoms. The van der Waals surface area contributed by atoms with Gasteiger partial charge >= 0.3 is 6.03 Å². The zero-order chi connectivity index (χ0) is 17.8. The predicted octanol–water partition coefficient (Wildman–Crippen LogP) is 3.77. The lowest BCUT2D eigenvalue weighted by molar-refractivity contribution is -0.119. The molecule has 130 valence electrons. The van der Waals surface area contributed by atoms with Crippen molar-refractivity contribution >= 4 is 23.3 Å². The fourth-order valence-electron chi connectivity index (χ4n) is 2.97. The summed E-state index contributed by atoms with van der Waals surface area (Å²) in [4.78, 5) is 26.6. The van der Waals surface area contributed by atoms with Crippen molar-refractivity contribution in [3.05, 3.63) is 59.9 Å². The van der Waals surface area contributed by atoms with E-state index >= 15 is 0 Å². The summed E-state index contributed by atoms with van der Waals surface area (Å²) in [5, 5.41) is 5.54. The number of anilines is 2. The van der Waals surface area contributed by atoms with Gasteiger partial charge in [-0.1, -0.05) is 24.3 Å². The van der Waals surface area contributed by atoms with Crippen LogP contribution in [0, 0.1) is 12.7 Å². The minimum absolute atomic E-state index is 0.207. The number of hydrogen-bond donors (Lipinski definition) is 2. The van der Waals surface area contributed by atoms with Gasteiger partial charge in [-0.2, -0.15) is 0 Å². The van der Waals surface area contributed by atoms with Crippen molar-refractivity contribution < 1.29 is 14.0 Å². The molecule has 1 saturated heterocycles. The molecule has 2 N–H and O–H groups in total. The molecule has 0 aliphatic carbocycles. The van der Waals surface area contributed by atoms with Gasteiger partial charge in [-0.3, -0.25) is 4.79 Å². The molecule has 1 atom stereocenters. The molecule has 0 saturated carbocycles. The van der Waals surface area contributed by atoms with Gasteiger partial charge in [-0.25, -0.2) is 9.18 Å². The van der Waals surface area contributed by atoms with Gasteiger partial charge in [-0.05, 0) is 49.6 Å². The molecule has 0 aromatic heterocycles. The lowest BCUT2D eigenvalue weighted by Crippen LogP contribution is -2.45. The van der Waals surface area contributed by atoms with E-state index in [-0.39, 0.29) is 5.91 Å². The standard InChI is InChI=1S/C19H20FN3O2/c1-13-6-2-3-9-16(13)22-18(24)17-10-5-11-23(17)19(25)21-15-8-4-7-14(20)12-15/h2-4,6-9,12,17H,5,10-11H2,1H3,(H,21,25)(H,22,24). The average Bonchev–Trinajstić information content (AvgIpc) is 3.07. The van der Waals surface area contributed by atoms with Gasteiger partial charge < -0.3 is 15.5 Å². The molecule has 2 aromatic rings. The Balaban J connectivity index is 1.68. The van der Waals surface area contributed by atoms with Crippen molar-refractivity contribution in [3.8, 4) is 0 Å². The van der Waals surface area contributed by atoms with E-state index in [9.17, 15) is 14.0 Å². The topological polar surface area (TPSA) is 61.4 Å². The number of hydrogen-bond acceptors (Lipinski definition) is 2. The van der Waals surface area contributed by atoms with Crippen LogP contribution >= 0.6 is 0 Å². The van der Waals surface area contributed by atoms with E-state index in [1.807, 2.05) is 31.2 Å². The van der Waals surface area contributed by atoms with Crippen LogP contribution in [0.5, 0.6) is 0 Å². The third-order valence-corrected chi connectivity index (χ3v) is 4.30. The predicted molar refractivity (Wildman–Crippen MR) is 95.0 cm³/mol. The number of urea groups is 1. The fourth-order valence-corrected chi connectivity index (χ4v) is 2.97. The minimum Gasteiger partial charge on any atom is -0.324 e. The highest BCUT2D eigenvalue weighted by molar-refractivity contribution is 5.99. The summed E-state index contributed by atoms with van der Waals surface area (Å²) in [5.41, 5.74) is 2.07. The van der Waals surface area contributed by atoms with E-state index in [1.54, 1.807) is 6.07 Å². The van der Waals surface area contributed by atoms with Crippen LogP contribution in [-0.4, -0.2) is 29.4 Å². The molecule has 0 spiro atoms. The number of nitrogens with zero attached hydrogens (tertiary/aromatic N) is 1. The maximum Gasteiger partial charge on any atom is 0.322 e. The van der Waals surface area contributed by atoms with Crippen LogP contribution in [0.3, 0.4) is 0 Å². The van der Waals surface area contributed by atoms with Crippen molar-refractivity contribution in [1.29, 1.82) is 0 Å². The van der Waals surface area contributed by atoms with E-state index in [0.29, 0.717) is 18.7 Å². The summed E-state index contributed by atoms with van der Waals surface area (Å²) in [6.45, 7) is 2.41. The van der Waals surface area contributed by atoms with Crippen molar-refractivity contribution in [2.75, 3.05) is 17.2 Å². The van der Waals surface area contributed by atoms with E-state index in [1.165, 1.54) is 23.1 Å². The molecule has 3 rings (SSSR count). The SMILES string of the molecule is Cc1ccccc1NC(=O)C1CCCN1C(=O)Nc1cccc(F)c1. The Morgan fingerprint density at radius 3 is 2.68 bits per heavy atom. The number of para-hydroxylation sites is 1. The lowest BCUT2D eigenvalue weighted by atomic mass is 10.1. The first kappa shape index (κ1) is 17.0. The second kappa shape index (κ2) is 7.34. The molecule has 2 aromatic carbocycles. The van der Waals surface area contributed by atoms with Crippen LogP contribution in [0.25, 0.3) is 0 Å². The summed E-state index contributed by atoms with van der Waals surface area (Å²) in [5.74, 6) is -0.630. The van der Waals surface area contributed by atoms with Gasteiger partial charge in [0, 0.05) is 17.9 Å². The number of rotatable bonds is 3. The molecule has 3 amide bonds. The van der Waals surface area contributed by atoms with Gasteiger partial charge in [0.05, 0.1) is 0 Å². The van der Waals surface area contributed by atoms with Crippen LogP contribution in [0.1, 0.15) is 18.4 Å². The zero-order valence-electron chi connectivity index (χ0n) is 14.0. The number of nitrogens with one attached hydrogen (secondary N) is 2. The molecule has 5 nitrogen and oxygen atoms in total. The number of carbonyl (C=O) groups is 2. The fraction of sp³-hybridized carbons (Fsp3) is 0.263. The second-order valence-electron chi connectivity index (χ2n) is 6.10. The summed E-state index contributed by atoms with van der Waals surface area (Å²) in [6.07, 6.45) is 1.36. The monoisotopic (exact) mass is 341 g/mol. The molecule has 1 unspecified atom stereocenters.